The monoisotopic (exact) mass is 379 g/mol. The molecule has 7 nitrogen and oxygen atoms in total. The van der Waals surface area contributed by atoms with Gasteiger partial charge in [-0.15, -0.1) is 0 Å². The highest BCUT2D eigenvalue weighted by atomic mass is 15.1. The van der Waals surface area contributed by atoms with Crippen LogP contribution < -0.4 is 11.5 Å². The van der Waals surface area contributed by atoms with Crippen molar-refractivity contribution >= 4 is 22.8 Å². The SMILES string of the molecule is Nc1ccc(-n2c(-c3cccnc3N)nc3ccc(-c4ccccc4)nc32)cn1. The molecule has 0 aliphatic heterocycles. The zero-order valence-corrected chi connectivity index (χ0v) is 15.4. The van der Waals surface area contributed by atoms with E-state index in [2.05, 4.69) is 9.97 Å². The van der Waals surface area contributed by atoms with Crippen molar-refractivity contribution in [2.45, 2.75) is 0 Å². The van der Waals surface area contributed by atoms with E-state index in [1.165, 1.54) is 0 Å². The van der Waals surface area contributed by atoms with Gasteiger partial charge in [0, 0.05) is 11.8 Å². The minimum absolute atomic E-state index is 0.399. The predicted octanol–water partition coefficient (Wildman–Crippen LogP) is 3.71. The molecule has 0 saturated heterocycles. The van der Waals surface area contributed by atoms with Gasteiger partial charge < -0.3 is 11.5 Å². The van der Waals surface area contributed by atoms with Crippen LogP contribution in [0.15, 0.2) is 79.1 Å². The van der Waals surface area contributed by atoms with E-state index < -0.39 is 0 Å². The van der Waals surface area contributed by atoms with Crippen molar-refractivity contribution in [2.75, 3.05) is 11.5 Å². The largest absolute Gasteiger partial charge is 0.384 e. The van der Waals surface area contributed by atoms with Crippen LogP contribution in [0.25, 0.3) is 39.5 Å². The Kier molecular flexibility index (Phi) is 3.91. The third kappa shape index (κ3) is 2.94. The van der Waals surface area contributed by atoms with Crippen LogP contribution in [0, 0.1) is 0 Å². The van der Waals surface area contributed by atoms with Crippen LogP contribution in [-0.2, 0) is 0 Å². The first kappa shape index (κ1) is 16.9. The molecule has 0 fully saturated rings. The van der Waals surface area contributed by atoms with Gasteiger partial charge in [0.15, 0.2) is 11.5 Å². The Morgan fingerprint density at radius 3 is 2.38 bits per heavy atom. The molecule has 5 aromatic rings. The van der Waals surface area contributed by atoms with Crippen LogP contribution in [0.4, 0.5) is 11.6 Å². The van der Waals surface area contributed by atoms with Gasteiger partial charge in [0.2, 0.25) is 0 Å². The number of nitrogens with zero attached hydrogens (tertiary/aromatic N) is 5. The van der Waals surface area contributed by atoms with Crippen molar-refractivity contribution in [3.8, 4) is 28.3 Å². The molecule has 29 heavy (non-hydrogen) atoms. The fraction of sp³-hybridized carbons (Fsp3) is 0. The first-order chi connectivity index (χ1) is 14.2. The average Bonchev–Trinajstić information content (AvgIpc) is 3.14. The van der Waals surface area contributed by atoms with Gasteiger partial charge in [-0.2, -0.15) is 0 Å². The number of aromatic nitrogens is 5. The van der Waals surface area contributed by atoms with E-state index in [1.807, 2.05) is 65.2 Å². The van der Waals surface area contributed by atoms with Crippen LogP contribution in [-0.4, -0.2) is 24.5 Å². The highest BCUT2D eigenvalue weighted by Crippen LogP contribution is 2.31. The van der Waals surface area contributed by atoms with Crippen LogP contribution >= 0.6 is 0 Å². The second kappa shape index (κ2) is 6.72. The van der Waals surface area contributed by atoms with Crippen LogP contribution in [0.1, 0.15) is 0 Å². The lowest BCUT2D eigenvalue weighted by molar-refractivity contribution is 1.06. The van der Waals surface area contributed by atoms with Crippen LogP contribution in [0.3, 0.4) is 0 Å². The average molecular weight is 379 g/mol. The summed E-state index contributed by atoms with van der Waals surface area (Å²) in [4.78, 5) is 18.1. The van der Waals surface area contributed by atoms with Gasteiger partial charge in [-0.05, 0) is 36.4 Å². The maximum atomic E-state index is 6.15. The summed E-state index contributed by atoms with van der Waals surface area (Å²) in [6, 6.07) is 21.3. The minimum atomic E-state index is 0.399. The van der Waals surface area contributed by atoms with E-state index in [9.17, 15) is 0 Å². The molecular weight excluding hydrogens is 362 g/mol. The van der Waals surface area contributed by atoms with E-state index in [-0.39, 0.29) is 0 Å². The quantitative estimate of drug-likeness (QED) is 0.495. The lowest BCUT2D eigenvalue weighted by Gasteiger charge is -2.10. The van der Waals surface area contributed by atoms with E-state index in [4.69, 9.17) is 21.4 Å². The first-order valence-corrected chi connectivity index (χ1v) is 9.08. The summed E-state index contributed by atoms with van der Waals surface area (Å²) in [5.41, 5.74) is 16.8. The van der Waals surface area contributed by atoms with E-state index in [1.54, 1.807) is 18.5 Å². The molecule has 0 radical (unpaired) electrons. The third-order valence-corrected chi connectivity index (χ3v) is 4.68. The zero-order chi connectivity index (χ0) is 19.8. The summed E-state index contributed by atoms with van der Waals surface area (Å²) < 4.78 is 1.93. The molecule has 0 saturated carbocycles. The second-order valence-electron chi connectivity index (χ2n) is 6.55. The molecule has 5 rings (SSSR count). The van der Waals surface area contributed by atoms with Crippen LogP contribution in [0.2, 0.25) is 0 Å². The third-order valence-electron chi connectivity index (χ3n) is 4.68. The molecule has 0 bridgehead atoms. The van der Waals surface area contributed by atoms with Gasteiger partial charge in [-0.1, -0.05) is 30.3 Å². The molecule has 7 heteroatoms. The Bertz CT molecular complexity index is 1310. The molecule has 4 N–H and O–H groups in total. The Balaban J connectivity index is 1.81. The smallest absolute Gasteiger partial charge is 0.165 e. The number of nitrogen functional groups attached to an aromatic ring is 2. The Morgan fingerprint density at radius 2 is 1.62 bits per heavy atom. The highest BCUT2D eigenvalue weighted by Gasteiger charge is 2.18. The highest BCUT2D eigenvalue weighted by molar-refractivity contribution is 5.84. The molecule has 0 aliphatic carbocycles. The summed E-state index contributed by atoms with van der Waals surface area (Å²) in [7, 11) is 0. The zero-order valence-electron chi connectivity index (χ0n) is 15.4. The Labute approximate surface area is 166 Å². The lowest BCUT2D eigenvalue weighted by Crippen LogP contribution is -2.03. The van der Waals surface area contributed by atoms with Gasteiger partial charge >= 0.3 is 0 Å². The van der Waals surface area contributed by atoms with Gasteiger partial charge in [-0.25, -0.2) is 19.9 Å². The van der Waals surface area contributed by atoms with Crippen molar-refractivity contribution in [3.63, 3.8) is 0 Å². The van der Waals surface area contributed by atoms with Gasteiger partial charge in [0.1, 0.15) is 17.2 Å². The first-order valence-electron chi connectivity index (χ1n) is 9.08. The van der Waals surface area contributed by atoms with Crippen molar-refractivity contribution < 1.29 is 0 Å². The number of fused-ring (bicyclic) bond motifs is 1. The second-order valence-corrected chi connectivity index (χ2v) is 6.55. The molecule has 1 aromatic carbocycles. The number of hydrogen-bond donors (Lipinski definition) is 2. The molecule has 140 valence electrons. The number of pyridine rings is 3. The van der Waals surface area contributed by atoms with Gasteiger partial charge in [0.05, 0.1) is 23.1 Å². The van der Waals surface area contributed by atoms with Crippen molar-refractivity contribution in [1.82, 2.24) is 24.5 Å². The number of imidazole rings is 1. The summed E-state index contributed by atoms with van der Waals surface area (Å²) in [6.45, 7) is 0. The fourth-order valence-electron chi connectivity index (χ4n) is 3.29. The topological polar surface area (TPSA) is 109 Å². The standard InChI is InChI=1S/C22H17N7/c23-19-11-8-15(13-26-19)29-21(16-7-4-12-25-20(16)24)28-18-10-9-17(27-22(18)29)14-5-2-1-3-6-14/h1-13H,(H2,23,26)(H2,24,25). The van der Waals surface area contributed by atoms with Crippen molar-refractivity contribution in [1.29, 1.82) is 0 Å². The maximum Gasteiger partial charge on any atom is 0.165 e. The van der Waals surface area contributed by atoms with E-state index >= 15 is 0 Å². The molecule has 4 heterocycles. The van der Waals surface area contributed by atoms with Gasteiger partial charge in [0.25, 0.3) is 0 Å². The number of nitrogens with two attached hydrogens (primary N) is 2. The molecule has 0 spiro atoms. The van der Waals surface area contributed by atoms with E-state index in [0.717, 1.165) is 28.0 Å². The Morgan fingerprint density at radius 1 is 0.759 bits per heavy atom. The summed E-state index contributed by atoms with van der Waals surface area (Å²) in [6.07, 6.45) is 3.35. The Hall–Kier alpha value is -4.26. The molecule has 0 unspecified atom stereocenters. The van der Waals surface area contributed by atoms with Crippen molar-refractivity contribution in [2.24, 2.45) is 0 Å². The molecule has 4 aromatic heterocycles. The normalized spacial score (nSPS) is 11.0. The number of hydrogen-bond acceptors (Lipinski definition) is 6. The number of anilines is 2. The number of rotatable bonds is 3. The summed E-state index contributed by atoms with van der Waals surface area (Å²) in [5, 5.41) is 0. The predicted molar refractivity (Wildman–Crippen MR) is 114 cm³/mol. The molecule has 0 amide bonds. The summed E-state index contributed by atoms with van der Waals surface area (Å²) >= 11 is 0. The van der Waals surface area contributed by atoms with Crippen molar-refractivity contribution in [3.05, 3.63) is 79.1 Å². The fourth-order valence-corrected chi connectivity index (χ4v) is 3.29. The number of benzene rings is 1. The summed E-state index contributed by atoms with van der Waals surface area (Å²) in [5.74, 6) is 1.49. The lowest BCUT2D eigenvalue weighted by atomic mass is 10.1. The molecule has 0 atom stereocenters. The van der Waals surface area contributed by atoms with Gasteiger partial charge in [-0.3, -0.25) is 4.57 Å². The molecule has 0 aliphatic rings. The minimum Gasteiger partial charge on any atom is -0.384 e. The van der Waals surface area contributed by atoms with Crippen LogP contribution in [0.5, 0.6) is 0 Å². The maximum absolute atomic E-state index is 6.15. The molecular formula is C22H17N7. The van der Waals surface area contributed by atoms with E-state index in [0.29, 0.717) is 23.1 Å².